The summed E-state index contributed by atoms with van der Waals surface area (Å²) in [5, 5.41) is 2.82. The van der Waals surface area contributed by atoms with Gasteiger partial charge in [-0.2, -0.15) is 0 Å². The third-order valence-electron chi connectivity index (χ3n) is 7.14. The van der Waals surface area contributed by atoms with Crippen molar-refractivity contribution in [1.29, 1.82) is 0 Å². The van der Waals surface area contributed by atoms with Crippen molar-refractivity contribution in [2.45, 2.75) is 84.3 Å². The lowest BCUT2D eigenvalue weighted by Crippen LogP contribution is -2.61. The minimum Gasteiger partial charge on any atom is -0.489 e. The van der Waals surface area contributed by atoms with Gasteiger partial charge in [-0.3, -0.25) is 4.79 Å². The summed E-state index contributed by atoms with van der Waals surface area (Å²) in [4.78, 5) is 27.0. The fraction of sp³-hybridized carbons (Fsp3) is 0.517. The lowest BCUT2D eigenvalue weighted by molar-refractivity contribution is -0.135. The summed E-state index contributed by atoms with van der Waals surface area (Å²) < 4.78 is 23.9. The summed E-state index contributed by atoms with van der Waals surface area (Å²) in [6.07, 6.45) is -0.308. The van der Waals surface area contributed by atoms with E-state index >= 15 is 0 Å². The first-order valence-corrected chi connectivity index (χ1v) is 13.1. The number of carbonyl (C=O) groups excluding carboxylic acids is 2. The van der Waals surface area contributed by atoms with Crippen molar-refractivity contribution in [3.8, 4) is 5.75 Å². The maximum atomic E-state index is 13.2. The quantitative estimate of drug-likeness (QED) is 0.557. The van der Waals surface area contributed by atoms with Crippen LogP contribution in [0.3, 0.4) is 0 Å². The molecule has 2 fully saturated rings. The van der Waals surface area contributed by atoms with Gasteiger partial charge in [-0.25, -0.2) is 4.79 Å². The number of ether oxygens (including phenoxy) is 2. The van der Waals surface area contributed by atoms with Crippen molar-refractivity contribution in [2.24, 2.45) is 0 Å². The fourth-order valence-corrected chi connectivity index (χ4v) is 4.26. The molecule has 2 aliphatic rings. The minimum absolute atomic E-state index is 0.0390. The highest BCUT2D eigenvalue weighted by Crippen LogP contribution is 2.36. The van der Waals surface area contributed by atoms with Gasteiger partial charge < -0.3 is 29.0 Å². The van der Waals surface area contributed by atoms with Crippen molar-refractivity contribution in [3.05, 3.63) is 59.7 Å². The normalized spacial score (nSPS) is 18.6. The summed E-state index contributed by atoms with van der Waals surface area (Å²) in [6, 6.07) is 15.5. The zero-order chi connectivity index (χ0) is 27.7. The maximum Gasteiger partial charge on any atom is 0.494 e. The molecule has 4 rings (SSSR count). The van der Waals surface area contributed by atoms with E-state index in [1.807, 2.05) is 97.0 Å². The number of nitrogens with one attached hydrogen (secondary N) is 1. The topological polar surface area (TPSA) is 86.3 Å². The highest BCUT2D eigenvalue weighted by Gasteiger charge is 2.51. The molecule has 2 aromatic rings. The van der Waals surface area contributed by atoms with E-state index in [9.17, 15) is 9.59 Å². The summed E-state index contributed by atoms with van der Waals surface area (Å²) in [5.41, 5.74) is 1.14. The Kier molecular flexibility index (Phi) is 7.82. The van der Waals surface area contributed by atoms with Gasteiger partial charge in [0, 0.05) is 18.7 Å². The first-order valence-electron chi connectivity index (χ1n) is 13.1. The van der Waals surface area contributed by atoms with Crippen molar-refractivity contribution in [3.63, 3.8) is 0 Å². The van der Waals surface area contributed by atoms with Crippen molar-refractivity contribution in [1.82, 2.24) is 10.2 Å². The van der Waals surface area contributed by atoms with E-state index in [0.717, 1.165) is 16.6 Å². The molecule has 2 amide bonds. The lowest BCUT2D eigenvalue weighted by Gasteiger charge is -2.39. The van der Waals surface area contributed by atoms with Crippen LogP contribution in [0.15, 0.2) is 48.5 Å². The molecule has 0 atom stereocenters. The lowest BCUT2D eigenvalue weighted by atomic mass is 9.78. The number of hydrogen-bond acceptors (Lipinski definition) is 6. The van der Waals surface area contributed by atoms with E-state index in [2.05, 4.69) is 5.32 Å². The van der Waals surface area contributed by atoms with Gasteiger partial charge in [-0.1, -0.05) is 42.5 Å². The highest BCUT2D eigenvalue weighted by molar-refractivity contribution is 6.62. The van der Waals surface area contributed by atoms with Crippen LogP contribution in [0.25, 0.3) is 0 Å². The smallest absolute Gasteiger partial charge is 0.489 e. The molecule has 204 valence electrons. The number of carbonyl (C=O) groups is 2. The Morgan fingerprint density at radius 1 is 1.03 bits per heavy atom. The molecule has 0 unspecified atom stereocenters. The second-order valence-electron chi connectivity index (χ2n) is 12.0. The number of hydrogen-bond donors (Lipinski definition) is 1. The van der Waals surface area contributed by atoms with Crippen molar-refractivity contribution < 1.29 is 28.4 Å². The number of amides is 2. The van der Waals surface area contributed by atoms with E-state index in [0.29, 0.717) is 25.4 Å². The van der Waals surface area contributed by atoms with E-state index in [-0.39, 0.29) is 18.4 Å². The predicted octanol–water partition coefficient (Wildman–Crippen LogP) is 3.84. The Bertz CT molecular complexity index is 1140. The van der Waals surface area contributed by atoms with Gasteiger partial charge in [0.25, 0.3) is 0 Å². The van der Waals surface area contributed by atoms with Crippen LogP contribution in [0.4, 0.5) is 4.79 Å². The number of nitrogens with zero attached hydrogens (tertiary/aromatic N) is 1. The van der Waals surface area contributed by atoms with Gasteiger partial charge in [-0.15, -0.1) is 0 Å². The molecule has 0 saturated carbocycles. The molecular formula is C29H39BN2O6. The predicted molar refractivity (Wildman–Crippen MR) is 146 cm³/mol. The van der Waals surface area contributed by atoms with Gasteiger partial charge in [0.1, 0.15) is 18.0 Å². The summed E-state index contributed by atoms with van der Waals surface area (Å²) in [5.74, 6) is 0.606. The number of benzene rings is 2. The van der Waals surface area contributed by atoms with E-state index < -0.39 is 30.0 Å². The molecule has 0 aliphatic carbocycles. The Balaban J connectivity index is 1.45. The Labute approximate surface area is 226 Å². The van der Waals surface area contributed by atoms with Crippen LogP contribution >= 0.6 is 0 Å². The van der Waals surface area contributed by atoms with Crippen LogP contribution in [0.1, 0.15) is 59.6 Å². The van der Waals surface area contributed by atoms with Crippen LogP contribution in [0, 0.1) is 0 Å². The average Bonchev–Trinajstić information content (AvgIpc) is 3.01. The molecule has 9 heteroatoms. The summed E-state index contributed by atoms with van der Waals surface area (Å²) in [7, 11) is -0.538. The van der Waals surface area contributed by atoms with E-state index in [1.54, 1.807) is 4.90 Å². The maximum absolute atomic E-state index is 13.2. The standard InChI is InChI=1S/C29H39BN2O6/c1-27(2,3)36-26(34)31-23-17-32(18-23)25(33)16-21-15-22(30-37-28(4,5)29(6,7)38-30)13-14-24(21)35-19-20-11-9-8-10-12-20/h8-15,23H,16-19H2,1-7H3,(H,31,34). The monoisotopic (exact) mass is 522 g/mol. The number of alkyl carbamates (subject to hydrolysis) is 1. The first kappa shape index (κ1) is 28.0. The third-order valence-corrected chi connectivity index (χ3v) is 7.14. The van der Waals surface area contributed by atoms with Crippen molar-refractivity contribution >= 4 is 24.6 Å². The van der Waals surface area contributed by atoms with E-state index in [4.69, 9.17) is 18.8 Å². The van der Waals surface area contributed by atoms with Gasteiger partial charge in [0.2, 0.25) is 5.91 Å². The SMILES string of the molecule is CC(C)(C)OC(=O)NC1CN(C(=O)Cc2cc(B3OC(C)(C)C(C)(C)O3)ccc2OCc2ccccc2)C1. The van der Waals surface area contributed by atoms with E-state index in [1.165, 1.54) is 0 Å². The second-order valence-corrected chi connectivity index (χ2v) is 12.0. The fourth-order valence-electron chi connectivity index (χ4n) is 4.26. The molecule has 0 spiro atoms. The zero-order valence-electron chi connectivity index (χ0n) is 23.5. The average molecular weight is 522 g/mol. The Hall–Kier alpha value is -3.04. The Morgan fingerprint density at radius 2 is 1.66 bits per heavy atom. The van der Waals surface area contributed by atoms with Crippen LogP contribution in [0.5, 0.6) is 5.75 Å². The summed E-state index contributed by atoms with van der Waals surface area (Å²) >= 11 is 0. The third kappa shape index (κ3) is 6.69. The van der Waals surface area contributed by atoms with Gasteiger partial charge >= 0.3 is 13.2 Å². The molecule has 0 aromatic heterocycles. The van der Waals surface area contributed by atoms with Crippen LogP contribution in [-0.2, 0) is 31.9 Å². The second kappa shape index (κ2) is 10.6. The van der Waals surface area contributed by atoms with Crippen molar-refractivity contribution in [2.75, 3.05) is 13.1 Å². The minimum atomic E-state index is -0.568. The van der Waals surface area contributed by atoms with Crippen LogP contribution < -0.4 is 15.5 Å². The molecule has 2 saturated heterocycles. The summed E-state index contributed by atoms with van der Waals surface area (Å²) in [6.45, 7) is 14.8. The zero-order valence-corrected chi connectivity index (χ0v) is 23.5. The molecule has 38 heavy (non-hydrogen) atoms. The molecule has 2 aromatic carbocycles. The molecule has 2 aliphatic heterocycles. The molecule has 0 bridgehead atoms. The molecular weight excluding hydrogens is 483 g/mol. The molecule has 0 radical (unpaired) electrons. The molecule has 1 N–H and O–H groups in total. The molecule has 2 heterocycles. The van der Waals surface area contributed by atoms with Gasteiger partial charge in [0.15, 0.2) is 0 Å². The number of rotatable bonds is 7. The number of likely N-dealkylation sites (tertiary alicyclic amines) is 1. The van der Waals surface area contributed by atoms with Crippen LogP contribution in [-0.4, -0.2) is 60.0 Å². The largest absolute Gasteiger partial charge is 0.494 e. The van der Waals surface area contributed by atoms with Gasteiger partial charge in [0.05, 0.1) is 23.7 Å². The first-order chi connectivity index (χ1) is 17.7. The Morgan fingerprint density at radius 3 is 2.26 bits per heavy atom. The molecule has 8 nitrogen and oxygen atoms in total. The highest BCUT2D eigenvalue weighted by atomic mass is 16.7. The van der Waals surface area contributed by atoms with Gasteiger partial charge in [-0.05, 0) is 65.6 Å². The van der Waals surface area contributed by atoms with Crippen LogP contribution in [0.2, 0.25) is 0 Å².